The van der Waals surface area contributed by atoms with Crippen LogP contribution in [-0.4, -0.2) is 6.54 Å². The quantitative estimate of drug-likeness (QED) is 0.783. The fraction of sp³-hybridized carbons (Fsp3) is 0.333. The maximum Gasteiger partial charge on any atom is 0.134 e. The number of hydrogen-bond donors (Lipinski definition) is 1. The van der Waals surface area contributed by atoms with Crippen molar-refractivity contribution in [1.29, 1.82) is 0 Å². The lowest BCUT2D eigenvalue weighted by Gasteiger charge is -2.10. The van der Waals surface area contributed by atoms with Crippen LogP contribution in [0.25, 0.3) is 0 Å². The topological polar surface area (TPSA) is 21.3 Å². The van der Waals surface area contributed by atoms with Gasteiger partial charge in [0.25, 0.3) is 0 Å². The molecule has 112 valence electrons. The summed E-state index contributed by atoms with van der Waals surface area (Å²) in [7, 11) is 0. The third-order valence-electron chi connectivity index (χ3n) is 3.40. The molecule has 0 spiro atoms. The number of nitrogens with one attached hydrogen (secondary N) is 1. The van der Waals surface area contributed by atoms with Crippen molar-refractivity contribution in [2.24, 2.45) is 0 Å². The Morgan fingerprint density at radius 3 is 2.24 bits per heavy atom. The van der Waals surface area contributed by atoms with Crippen molar-refractivity contribution < 1.29 is 4.74 Å². The number of aryl methyl sites for hydroxylation is 1. The van der Waals surface area contributed by atoms with E-state index < -0.39 is 0 Å². The molecule has 0 aliphatic rings. The summed E-state index contributed by atoms with van der Waals surface area (Å²) in [5.74, 6) is 0.884. The van der Waals surface area contributed by atoms with Crippen LogP contribution in [0.5, 0.6) is 5.75 Å². The highest BCUT2D eigenvalue weighted by molar-refractivity contribution is 9.10. The van der Waals surface area contributed by atoms with Gasteiger partial charge in [-0.1, -0.05) is 44.2 Å². The van der Waals surface area contributed by atoms with E-state index in [4.69, 9.17) is 4.74 Å². The number of rotatable bonds is 7. The standard InChI is InChI=1S/C18H22BrNO/c1-3-14-5-7-15(8-6-14)13-21-18-10-9-16(11-17(18)19)12-20-4-2/h5-11,20H,3-4,12-13H2,1-2H3. The second kappa shape index (κ2) is 8.20. The van der Waals surface area contributed by atoms with Crippen molar-refractivity contribution in [2.75, 3.05) is 6.54 Å². The van der Waals surface area contributed by atoms with Crippen LogP contribution in [0.4, 0.5) is 0 Å². The summed E-state index contributed by atoms with van der Waals surface area (Å²) in [6.07, 6.45) is 1.07. The van der Waals surface area contributed by atoms with E-state index >= 15 is 0 Å². The van der Waals surface area contributed by atoms with E-state index in [1.54, 1.807) is 0 Å². The first-order valence-electron chi connectivity index (χ1n) is 7.42. The zero-order valence-corrected chi connectivity index (χ0v) is 14.2. The molecule has 0 radical (unpaired) electrons. The van der Waals surface area contributed by atoms with E-state index in [1.165, 1.54) is 16.7 Å². The molecule has 0 aliphatic carbocycles. The van der Waals surface area contributed by atoms with Crippen molar-refractivity contribution in [1.82, 2.24) is 5.32 Å². The first-order chi connectivity index (χ1) is 10.2. The molecule has 1 N–H and O–H groups in total. The first-order valence-corrected chi connectivity index (χ1v) is 8.22. The molecule has 0 amide bonds. The Hall–Kier alpha value is -1.32. The van der Waals surface area contributed by atoms with Gasteiger partial charge < -0.3 is 10.1 Å². The van der Waals surface area contributed by atoms with Crippen LogP contribution in [0.2, 0.25) is 0 Å². The van der Waals surface area contributed by atoms with Gasteiger partial charge in [0.05, 0.1) is 4.47 Å². The van der Waals surface area contributed by atoms with Crippen LogP contribution in [0, 0.1) is 0 Å². The summed E-state index contributed by atoms with van der Waals surface area (Å²) < 4.78 is 6.89. The van der Waals surface area contributed by atoms with Crippen molar-refractivity contribution in [3.8, 4) is 5.75 Å². The van der Waals surface area contributed by atoms with Crippen LogP contribution in [-0.2, 0) is 19.6 Å². The second-order valence-corrected chi connectivity index (χ2v) is 5.86. The van der Waals surface area contributed by atoms with E-state index in [2.05, 4.69) is 71.5 Å². The van der Waals surface area contributed by atoms with Crippen molar-refractivity contribution in [3.63, 3.8) is 0 Å². The van der Waals surface area contributed by atoms with Crippen molar-refractivity contribution in [2.45, 2.75) is 33.4 Å². The predicted octanol–water partition coefficient (Wildman–Crippen LogP) is 4.70. The van der Waals surface area contributed by atoms with Crippen molar-refractivity contribution in [3.05, 3.63) is 63.6 Å². The van der Waals surface area contributed by atoms with E-state index in [0.717, 1.165) is 29.7 Å². The maximum atomic E-state index is 5.89. The number of benzene rings is 2. The molecule has 0 fully saturated rings. The molecule has 0 heterocycles. The van der Waals surface area contributed by atoms with Crippen LogP contribution < -0.4 is 10.1 Å². The van der Waals surface area contributed by atoms with Crippen LogP contribution >= 0.6 is 15.9 Å². The van der Waals surface area contributed by atoms with Gasteiger partial charge in [0.2, 0.25) is 0 Å². The Balaban J connectivity index is 1.95. The zero-order valence-electron chi connectivity index (χ0n) is 12.7. The largest absolute Gasteiger partial charge is 0.488 e. The molecule has 2 aromatic rings. The van der Waals surface area contributed by atoms with Gasteiger partial charge in [0.15, 0.2) is 0 Å². The number of ether oxygens (including phenoxy) is 1. The highest BCUT2D eigenvalue weighted by atomic mass is 79.9. The molecule has 2 aromatic carbocycles. The summed E-state index contributed by atoms with van der Waals surface area (Å²) in [5.41, 5.74) is 3.80. The molecule has 0 bridgehead atoms. The normalized spacial score (nSPS) is 10.6. The van der Waals surface area contributed by atoms with E-state index in [1.807, 2.05) is 6.07 Å². The average molecular weight is 348 g/mol. The lowest BCUT2D eigenvalue weighted by Crippen LogP contribution is -2.11. The van der Waals surface area contributed by atoms with Gasteiger partial charge in [-0.05, 0) is 57.7 Å². The molecule has 21 heavy (non-hydrogen) atoms. The Morgan fingerprint density at radius 2 is 1.62 bits per heavy atom. The Morgan fingerprint density at radius 1 is 0.952 bits per heavy atom. The lowest BCUT2D eigenvalue weighted by molar-refractivity contribution is 0.304. The van der Waals surface area contributed by atoms with Gasteiger partial charge in [-0.15, -0.1) is 0 Å². The number of hydrogen-bond acceptors (Lipinski definition) is 2. The van der Waals surface area contributed by atoms with Gasteiger partial charge in [0.1, 0.15) is 12.4 Å². The third kappa shape index (κ3) is 4.87. The fourth-order valence-corrected chi connectivity index (χ4v) is 2.61. The Kier molecular flexibility index (Phi) is 6.27. The molecule has 0 unspecified atom stereocenters. The minimum absolute atomic E-state index is 0.592. The first kappa shape index (κ1) is 16.1. The average Bonchev–Trinajstić information content (AvgIpc) is 2.52. The monoisotopic (exact) mass is 347 g/mol. The third-order valence-corrected chi connectivity index (χ3v) is 4.02. The highest BCUT2D eigenvalue weighted by Gasteiger charge is 2.03. The minimum Gasteiger partial charge on any atom is -0.488 e. The van der Waals surface area contributed by atoms with Crippen LogP contribution in [0.15, 0.2) is 46.9 Å². The Labute approximate surface area is 135 Å². The summed E-state index contributed by atoms with van der Waals surface area (Å²) in [6, 6.07) is 14.8. The molecule has 2 nitrogen and oxygen atoms in total. The van der Waals surface area contributed by atoms with E-state index in [9.17, 15) is 0 Å². The van der Waals surface area contributed by atoms with Crippen LogP contribution in [0.3, 0.4) is 0 Å². The zero-order chi connectivity index (χ0) is 15.1. The second-order valence-electron chi connectivity index (χ2n) is 5.00. The molecule has 0 saturated heterocycles. The summed E-state index contributed by atoms with van der Waals surface area (Å²) in [6.45, 7) is 6.72. The van der Waals surface area contributed by atoms with E-state index in [0.29, 0.717) is 6.61 Å². The molecular weight excluding hydrogens is 326 g/mol. The molecule has 0 aliphatic heterocycles. The summed E-state index contributed by atoms with van der Waals surface area (Å²) >= 11 is 3.58. The number of halogens is 1. The molecule has 2 rings (SSSR count). The van der Waals surface area contributed by atoms with Gasteiger partial charge in [0, 0.05) is 6.54 Å². The van der Waals surface area contributed by atoms with Gasteiger partial charge >= 0.3 is 0 Å². The summed E-state index contributed by atoms with van der Waals surface area (Å²) in [5, 5.41) is 3.32. The van der Waals surface area contributed by atoms with Gasteiger partial charge in [-0.2, -0.15) is 0 Å². The summed E-state index contributed by atoms with van der Waals surface area (Å²) in [4.78, 5) is 0. The molecule has 0 aromatic heterocycles. The van der Waals surface area contributed by atoms with Crippen molar-refractivity contribution >= 4 is 15.9 Å². The molecule has 3 heteroatoms. The molecule has 0 atom stereocenters. The minimum atomic E-state index is 0.592. The maximum absolute atomic E-state index is 5.89. The lowest BCUT2D eigenvalue weighted by atomic mass is 10.1. The SMILES string of the molecule is CCNCc1ccc(OCc2ccc(CC)cc2)c(Br)c1. The van der Waals surface area contributed by atoms with E-state index in [-0.39, 0.29) is 0 Å². The Bertz CT molecular complexity index is 566. The molecular formula is C18H22BrNO. The highest BCUT2D eigenvalue weighted by Crippen LogP contribution is 2.26. The molecule has 0 saturated carbocycles. The predicted molar refractivity (Wildman–Crippen MR) is 91.7 cm³/mol. The van der Waals surface area contributed by atoms with Gasteiger partial charge in [-0.25, -0.2) is 0 Å². The van der Waals surface area contributed by atoms with Crippen LogP contribution in [0.1, 0.15) is 30.5 Å². The fourth-order valence-electron chi connectivity index (χ4n) is 2.07. The smallest absolute Gasteiger partial charge is 0.134 e. The van der Waals surface area contributed by atoms with Gasteiger partial charge in [-0.3, -0.25) is 0 Å².